The second kappa shape index (κ2) is 20.8. The number of allylic oxidation sites excluding steroid dienone is 3. The first-order chi connectivity index (χ1) is 25.2. The summed E-state index contributed by atoms with van der Waals surface area (Å²) in [5.41, 5.74) is 8.82. The quantitative estimate of drug-likeness (QED) is 0.259. The van der Waals surface area contributed by atoms with Crippen LogP contribution in [0, 0.1) is 26.7 Å². The van der Waals surface area contributed by atoms with E-state index in [0.717, 1.165) is 76.3 Å². The fourth-order valence-electron chi connectivity index (χ4n) is 6.48. The van der Waals surface area contributed by atoms with Crippen LogP contribution >= 0.6 is 0 Å². The Bertz CT molecular complexity index is 1630. The summed E-state index contributed by atoms with van der Waals surface area (Å²) in [6, 6.07) is 16.7. The molecule has 2 heterocycles. The number of dihydropyridines is 1. The Balaban J connectivity index is 0.000000190. The zero-order valence-corrected chi connectivity index (χ0v) is 31.7. The van der Waals surface area contributed by atoms with E-state index < -0.39 is 0 Å². The molecule has 2 aliphatic carbocycles. The zero-order chi connectivity index (χ0) is 37.3. The minimum atomic E-state index is -0.321. The third kappa shape index (κ3) is 12.7. The molecule has 3 unspecified atom stereocenters. The topological polar surface area (TPSA) is 141 Å². The normalized spacial score (nSPS) is 20.6. The van der Waals surface area contributed by atoms with Gasteiger partial charge in [0.1, 0.15) is 12.2 Å². The molecule has 11 heteroatoms. The summed E-state index contributed by atoms with van der Waals surface area (Å²) < 4.78 is 10.7. The van der Waals surface area contributed by atoms with E-state index in [1.807, 2.05) is 31.2 Å². The Morgan fingerprint density at radius 2 is 1.21 bits per heavy atom. The van der Waals surface area contributed by atoms with Crippen molar-refractivity contribution in [3.05, 3.63) is 94.3 Å². The molecule has 6 rings (SSSR count). The Hall–Kier alpha value is -4.93. The highest BCUT2D eigenvalue weighted by atomic mass is 16.6. The third-order valence-corrected chi connectivity index (χ3v) is 9.45. The second-order valence-corrected chi connectivity index (χ2v) is 13.6. The molecule has 0 bridgehead atoms. The predicted octanol–water partition coefficient (Wildman–Crippen LogP) is 8.20. The van der Waals surface area contributed by atoms with Crippen LogP contribution in [0.15, 0.2) is 76.8 Å². The van der Waals surface area contributed by atoms with Crippen LogP contribution in [-0.4, -0.2) is 71.1 Å². The summed E-state index contributed by atoms with van der Waals surface area (Å²) >= 11 is 0. The number of alkyl carbamates (subject to hydrolysis) is 2. The first-order valence-corrected chi connectivity index (χ1v) is 18.5. The number of nitrogens with one attached hydrogen (secondary N) is 2. The average molecular weight is 710 g/mol. The van der Waals surface area contributed by atoms with Crippen molar-refractivity contribution in [1.82, 2.24) is 31.0 Å². The molecular weight excluding hydrogens is 654 g/mol. The molecule has 0 radical (unpaired) electrons. The van der Waals surface area contributed by atoms with Crippen molar-refractivity contribution in [1.29, 1.82) is 0 Å². The number of rotatable bonds is 4. The number of aromatic nitrogens is 4. The first kappa shape index (κ1) is 39.8. The monoisotopic (exact) mass is 709 g/mol. The Labute approximate surface area is 308 Å². The third-order valence-electron chi connectivity index (χ3n) is 9.45. The molecule has 3 atom stereocenters. The fraction of sp³-hybridized carbons (Fsp3) is 0.488. The lowest BCUT2D eigenvalue weighted by Crippen LogP contribution is -2.30. The van der Waals surface area contributed by atoms with E-state index in [1.165, 1.54) is 33.5 Å². The van der Waals surface area contributed by atoms with E-state index >= 15 is 0 Å². The van der Waals surface area contributed by atoms with Gasteiger partial charge in [-0.3, -0.25) is 4.99 Å². The smallest absolute Gasteiger partial charge is 0.407 e. The summed E-state index contributed by atoms with van der Waals surface area (Å²) in [5.74, 6) is 1.56. The maximum Gasteiger partial charge on any atom is 0.407 e. The molecule has 3 aromatic rings. The van der Waals surface area contributed by atoms with Crippen LogP contribution in [-0.2, 0) is 9.47 Å². The van der Waals surface area contributed by atoms with Gasteiger partial charge in [-0.25, -0.2) is 9.59 Å². The highest BCUT2D eigenvalue weighted by Gasteiger charge is 2.30. The molecule has 0 saturated heterocycles. The van der Waals surface area contributed by atoms with Crippen molar-refractivity contribution in [2.45, 2.75) is 104 Å². The van der Waals surface area contributed by atoms with Crippen molar-refractivity contribution in [3.8, 4) is 11.4 Å². The second-order valence-electron chi connectivity index (χ2n) is 13.6. The highest BCUT2D eigenvalue weighted by molar-refractivity contribution is 6.04. The number of aliphatic imine (C=N–C) groups is 1. The summed E-state index contributed by atoms with van der Waals surface area (Å²) in [6.45, 7) is 8.91. The standard InChI is InChI=1S/C21H28N2O2.C10H10N4.C10H17NO2/c1-14-7-9-16(10-8-14)20-19-6-4-5-17(25-21(24)22-3)11-12-18(19)15(2)13-23-20;1-7-3-5-9(6-4-7)10-13-11-8(2)12-14-10;1-11-10(12)13-9-7-5-3-2-4-6-8-9/h7-10,17,19H,4-6,11-13H2,1-3H3,(H,22,24);3-6H,1-2H3;2-3,9H,4-8H2,1H3,(H,11,12)/b;;3-2+. The molecule has 2 N–H and O–H groups in total. The summed E-state index contributed by atoms with van der Waals surface area (Å²) in [7, 11) is 3.20. The molecule has 278 valence electrons. The number of nitrogens with zero attached hydrogens (tertiary/aromatic N) is 5. The van der Waals surface area contributed by atoms with Crippen LogP contribution in [0.2, 0.25) is 0 Å². The molecule has 3 aliphatic rings. The molecule has 2 amide bonds. The minimum Gasteiger partial charge on any atom is -0.446 e. The number of aryl methyl sites for hydroxylation is 3. The first-order valence-electron chi connectivity index (χ1n) is 18.5. The minimum absolute atomic E-state index is 0.0166. The van der Waals surface area contributed by atoms with E-state index in [1.54, 1.807) is 21.0 Å². The number of benzene rings is 2. The van der Waals surface area contributed by atoms with Crippen LogP contribution in [0.25, 0.3) is 11.4 Å². The molecule has 52 heavy (non-hydrogen) atoms. The van der Waals surface area contributed by atoms with Gasteiger partial charge in [0.05, 0.1) is 6.54 Å². The van der Waals surface area contributed by atoms with Crippen molar-refractivity contribution in [2.75, 3.05) is 20.6 Å². The predicted molar refractivity (Wildman–Crippen MR) is 205 cm³/mol. The number of hydrogen-bond donors (Lipinski definition) is 2. The maximum atomic E-state index is 11.5. The molecule has 1 fully saturated rings. The van der Waals surface area contributed by atoms with Gasteiger partial charge in [0.2, 0.25) is 5.82 Å². The van der Waals surface area contributed by atoms with Crippen molar-refractivity contribution >= 4 is 17.9 Å². The molecule has 0 spiro atoms. The SMILES string of the molecule is CNC(=O)OC1CC/C=C/CCC1.CNC(=O)OC1CCCC2C(c3ccc(C)cc3)=NCC(C)=C2CC1.Cc1ccc(-c2nnc(C)nn2)cc1. The number of fused-ring (bicyclic) bond motifs is 1. The van der Waals surface area contributed by atoms with E-state index in [4.69, 9.17) is 14.5 Å². The lowest BCUT2D eigenvalue weighted by Gasteiger charge is -2.32. The molecular formula is C41H55N7O4. The van der Waals surface area contributed by atoms with E-state index in [-0.39, 0.29) is 24.4 Å². The summed E-state index contributed by atoms with van der Waals surface area (Å²) in [4.78, 5) is 27.4. The van der Waals surface area contributed by atoms with Gasteiger partial charge in [0.25, 0.3) is 0 Å². The average Bonchev–Trinajstić information content (AvgIpc) is 3.12. The Morgan fingerprint density at radius 3 is 1.83 bits per heavy atom. The molecule has 1 aliphatic heterocycles. The van der Waals surface area contributed by atoms with Crippen LogP contribution in [0.3, 0.4) is 0 Å². The van der Waals surface area contributed by atoms with Crippen molar-refractivity contribution in [3.63, 3.8) is 0 Å². The Morgan fingerprint density at radius 1 is 0.654 bits per heavy atom. The summed E-state index contributed by atoms with van der Waals surface area (Å²) in [5, 5.41) is 20.6. The van der Waals surface area contributed by atoms with Gasteiger partial charge >= 0.3 is 12.2 Å². The van der Waals surface area contributed by atoms with E-state index in [0.29, 0.717) is 17.6 Å². The van der Waals surface area contributed by atoms with Crippen LogP contribution in [0.1, 0.15) is 93.6 Å². The van der Waals surface area contributed by atoms with Gasteiger partial charge in [-0.05, 0) is 97.5 Å². The van der Waals surface area contributed by atoms with Gasteiger partial charge in [-0.15, -0.1) is 20.4 Å². The lowest BCUT2D eigenvalue weighted by atomic mass is 9.77. The van der Waals surface area contributed by atoms with Gasteiger partial charge < -0.3 is 20.1 Å². The van der Waals surface area contributed by atoms with Gasteiger partial charge in [0.15, 0.2) is 5.82 Å². The molecule has 2 aromatic carbocycles. The maximum absolute atomic E-state index is 11.5. The fourth-order valence-corrected chi connectivity index (χ4v) is 6.48. The van der Waals surface area contributed by atoms with Crippen molar-refractivity contribution in [2.24, 2.45) is 10.9 Å². The largest absolute Gasteiger partial charge is 0.446 e. The number of hydrogen-bond acceptors (Lipinski definition) is 9. The number of carbonyl (C=O) groups is 2. The van der Waals surface area contributed by atoms with Gasteiger partial charge in [-0.2, -0.15) is 0 Å². The van der Waals surface area contributed by atoms with E-state index in [9.17, 15) is 9.59 Å². The number of carbonyl (C=O) groups excluding carboxylic acids is 2. The molecule has 1 aromatic heterocycles. The van der Waals surface area contributed by atoms with Crippen LogP contribution in [0.4, 0.5) is 9.59 Å². The number of ether oxygens (including phenoxy) is 2. The zero-order valence-electron chi connectivity index (χ0n) is 31.7. The van der Waals surface area contributed by atoms with Crippen LogP contribution < -0.4 is 10.6 Å². The molecule has 11 nitrogen and oxygen atoms in total. The lowest BCUT2D eigenvalue weighted by molar-refractivity contribution is 0.0850. The molecule has 1 saturated carbocycles. The van der Waals surface area contributed by atoms with Gasteiger partial charge in [0, 0.05) is 31.3 Å². The highest BCUT2D eigenvalue weighted by Crippen LogP contribution is 2.36. The van der Waals surface area contributed by atoms with E-state index in [2.05, 4.69) is 81.3 Å². The van der Waals surface area contributed by atoms with Crippen LogP contribution in [0.5, 0.6) is 0 Å². The Kier molecular flexibility index (Phi) is 15.9. The van der Waals surface area contributed by atoms with Crippen molar-refractivity contribution < 1.29 is 19.1 Å². The number of amides is 2. The summed E-state index contributed by atoms with van der Waals surface area (Å²) in [6.07, 6.45) is 14.0. The van der Waals surface area contributed by atoms with Gasteiger partial charge in [-0.1, -0.05) is 83.0 Å².